The Labute approximate surface area is 134 Å². The first-order valence-electron chi connectivity index (χ1n) is 7.63. The fraction of sp³-hybridized carbons (Fsp3) is 0.800. The fourth-order valence-electron chi connectivity index (χ4n) is 2.01. The molecule has 0 atom stereocenters. The van der Waals surface area contributed by atoms with Crippen molar-refractivity contribution in [2.24, 2.45) is 0 Å². The zero-order valence-corrected chi connectivity index (χ0v) is 15.1. The van der Waals surface area contributed by atoms with E-state index in [0.29, 0.717) is 6.61 Å². The van der Waals surface area contributed by atoms with Crippen LogP contribution in [0.1, 0.15) is 57.8 Å². The molecule has 20 heavy (non-hydrogen) atoms. The van der Waals surface area contributed by atoms with Gasteiger partial charge < -0.3 is 4.74 Å². The van der Waals surface area contributed by atoms with Gasteiger partial charge in [0, 0.05) is 6.08 Å². The maximum atomic E-state index is 10.8. The molecular weight excluding hydrogens is 311 g/mol. The maximum Gasteiger partial charge on any atom is 0.330 e. The summed E-state index contributed by atoms with van der Waals surface area (Å²) in [5.41, 5.74) is 0. The Balaban J connectivity index is 3.10. The summed E-state index contributed by atoms with van der Waals surface area (Å²) in [6.07, 6.45) is 12.1. The highest BCUT2D eigenvalue weighted by Gasteiger charge is 2.19. The number of carbonyl (C=O) groups excluding carboxylic acids is 1. The van der Waals surface area contributed by atoms with Crippen LogP contribution in [-0.2, 0) is 9.53 Å². The van der Waals surface area contributed by atoms with Gasteiger partial charge in [-0.2, -0.15) is 0 Å². The quantitative estimate of drug-likeness (QED) is 0.140. The highest BCUT2D eigenvalue weighted by atomic mass is 35.7. The van der Waals surface area contributed by atoms with E-state index in [1.807, 2.05) is 6.55 Å². The molecule has 0 heterocycles. The molecule has 0 spiro atoms. The molecule has 0 aromatic rings. The second-order valence-corrected chi connectivity index (χ2v) is 13.6. The van der Waals surface area contributed by atoms with Crippen LogP contribution in [-0.4, -0.2) is 19.3 Å². The van der Waals surface area contributed by atoms with Crippen molar-refractivity contribution in [3.63, 3.8) is 0 Å². The normalized spacial score (nSPS) is 11.3. The third-order valence-corrected chi connectivity index (χ3v) is 5.54. The first-order chi connectivity index (χ1) is 9.45. The number of hydrogen-bond acceptors (Lipinski definition) is 2. The molecule has 0 saturated heterocycles. The molecule has 2 nitrogen and oxygen atoms in total. The lowest BCUT2D eigenvalue weighted by Crippen LogP contribution is -2.11. The van der Waals surface area contributed by atoms with Gasteiger partial charge in [-0.1, -0.05) is 57.9 Å². The van der Waals surface area contributed by atoms with Gasteiger partial charge in [0.15, 0.2) is 0 Å². The highest BCUT2D eigenvalue weighted by Crippen LogP contribution is 2.23. The Morgan fingerprint density at radius 2 is 1.45 bits per heavy atom. The van der Waals surface area contributed by atoms with Crippen molar-refractivity contribution in [3.05, 3.63) is 12.7 Å². The van der Waals surface area contributed by atoms with Crippen LogP contribution in [0, 0.1) is 0 Å². The molecule has 0 aromatic heterocycles. The number of rotatable bonds is 13. The molecule has 0 fully saturated rings. The number of unbranched alkanes of at least 4 members (excludes halogenated alkanes) is 8. The van der Waals surface area contributed by atoms with Gasteiger partial charge in [0.25, 0.3) is 0 Å². The highest BCUT2D eigenvalue weighted by molar-refractivity contribution is 7.44. The lowest BCUT2D eigenvalue weighted by Gasteiger charge is -2.09. The molecule has 118 valence electrons. The van der Waals surface area contributed by atoms with Crippen LogP contribution in [0.15, 0.2) is 12.7 Å². The molecule has 0 amide bonds. The summed E-state index contributed by atoms with van der Waals surface area (Å²) in [7, 11) is 0. The van der Waals surface area contributed by atoms with Crippen molar-refractivity contribution in [1.82, 2.24) is 0 Å². The van der Waals surface area contributed by atoms with Gasteiger partial charge in [-0.15, -0.1) is 22.2 Å². The Morgan fingerprint density at radius 3 is 1.90 bits per heavy atom. The second-order valence-electron chi connectivity index (χ2n) is 5.37. The van der Waals surface area contributed by atoms with Gasteiger partial charge in [0.1, 0.15) is 0 Å². The van der Waals surface area contributed by atoms with E-state index in [9.17, 15) is 4.79 Å². The van der Waals surface area contributed by atoms with Gasteiger partial charge in [-0.05, 0) is 19.0 Å². The van der Waals surface area contributed by atoms with E-state index in [2.05, 4.69) is 6.58 Å². The predicted octanol–water partition coefficient (Wildman–Crippen LogP) is 5.78. The SMILES string of the molecule is C=CC(=O)OCCCCCCCCCCC[Si](C)(Cl)Cl. The van der Waals surface area contributed by atoms with Crippen molar-refractivity contribution < 1.29 is 9.53 Å². The topological polar surface area (TPSA) is 26.3 Å². The molecule has 0 aliphatic carbocycles. The lowest BCUT2D eigenvalue weighted by atomic mass is 10.1. The summed E-state index contributed by atoms with van der Waals surface area (Å²) in [5, 5.41) is 0. The molecule has 0 aliphatic rings. The molecule has 0 aliphatic heterocycles. The molecule has 0 radical (unpaired) electrons. The third-order valence-electron chi connectivity index (χ3n) is 3.17. The van der Waals surface area contributed by atoms with Crippen LogP contribution >= 0.6 is 22.2 Å². The third kappa shape index (κ3) is 16.1. The van der Waals surface area contributed by atoms with Crippen molar-refractivity contribution in [1.29, 1.82) is 0 Å². The average Bonchev–Trinajstić information content (AvgIpc) is 2.38. The molecule has 0 aromatic carbocycles. The minimum absolute atomic E-state index is 0.321. The summed E-state index contributed by atoms with van der Waals surface area (Å²) >= 11 is 12.1. The Bertz CT molecular complexity index is 265. The molecule has 0 rings (SSSR count). The minimum atomic E-state index is -1.86. The standard InChI is InChI=1S/C15H28Cl2O2Si/c1-3-15(18)19-13-11-9-7-5-4-6-8-10-12-14-20(2,16)17/h3H,1,4-14H2,2H3. The molecule has 0 N–H and O–H groups in total. The van der Waals surface area contributed by atoms with Crippen molar-refractivity contribution in [3.8, 4) is 0 Å². The second kappa shape index (κ2) is 12.7. The molecule has 5 heteroatoms. The van der Waals surface area contributed by atoms with Gasteiger partial charge >= 0.3 is 5.97 Å². The molecule has 0 saturated carbocycles. The van der Waals surface area contributed by atoms with E-state index in [1.165, 1.54) is 51.0 Å². The Kier molecular flexibility index (Phi) is 12.7. The smallest absolute Gasteiger partial charge is 0.330 e. The van der Waals surface area contributed by atoms with E-state index in [4.69, 9.17) is 26.9 Å². The number of ether oxygens (including phenoxy) is 1. The number of carbonyl (C=O) groups is 1. The monoisotopic (exact) mass is 338 g/mol. The zero-order valence-electron chi connectivity index (χ0n) is 12.6. The van der Waals surface area contributed by atoms with Crippen LogP contribution in [0.4, 0.5) is 0 Å². The Hall–Kier alpha value is 0.00688. The summed E-state index contributed by atoms with van der Waals surface area (Å²) in [4.78, 5) is 10.8. The fourth-order valence-corrected chi connectivity index (χ4v) is 3.68. The number of halogens is 2. The maximum absolute atomic E-state index is 10.8. The summed E-state index contributed by atoms with van der Waals surface area (Å²) < 4.78 is 4.92. The van der Waals surface area contributed by atoms with Gasteiger partial charge in [-0.25, -0.2) is 4.79 Å². The van der Waals surface area contributed by atoms with Gasteiger partial charge in [0.05, 0.1) is 6.61 Å². The van der Waals surface area contributed by atoms with Gasteiger partial charge in [0.2, 0.25) is 6.69 Å². The first kappa shape index (κ1) is 20.0. The first-order valence-corrected chi connectivity index (χ1v) is 12.4. The van der Waals surface area contributed by atoms with E-state index in [1.54, 1.807) is 0 Å². The largest absolute Gasteiger partial charge is 0.463 e. The van der Waals surface area contributed by atoms with Crippen LogP contribution in [0.3, 0.4) is 0 Å². The minimum Gasteiger partial charge on any atom is -0.463 e. The summed E-state index contributed by atoms with van der Waals surface area (Å²) in [6, 6.07) is 1.01. The predicted molar refractivity (Wildman–Crippen MR) is 90.8 cm³/mol. The van der Waals surface area contributed by atoms with Crippen LogP contribution in [0.5, 0.6) is 0 Å². The molecule has 0 unspecified atom stereocenters. The van der Waals surface area contributed by atoms with Crippen LogP contribution in [0.2, 0.25) is 12.6 Å². The van der Waals surface area contributed by atoms with Crippen molar-refractivity contribution in [2.75, 3.05) is 6.61 Å². The molecule has 0 bridgehead atoms. The van der Waals surface area contributed by atoms with E-state index in [-0.39, 0.29) is 5.97 Å². The van der Waals surface area contributed by atoms with E-state index in [0.717, 1.165) is 18.9 Å². The summed E-state index contributed by atoms with van der Waals surface area (Å²) in [6.45, 7) is 4.00. The number of esters is 1. The van der Waals surface area contributed by atoms with Crippen molar-refractivity contribution >= 4 is 34.8 Å². The van der Waals surface area contributed by atoms with E-state index >= 15 is 0 Å². The zero-order chi connectivity index (χ0) is 15.3. The van der Waals surface area contributed by atoms with E-state index < -0.39 is 6.69 Å². The van der Waals surface area contributed by atoms with Crippen LogP contribution < -0.4 is 0 Å². The summed E-state index contributed by atoms with van der Waals surface area (Å²) in [5.74, 6) is -0.321. The number of hydrogen-bond donors (Lipinski definition) is 0. The lowest BCUT2D eigenvalue weighted by molar-refractivity contribution is -0.137. The van der Waals surface area contributed by atoms with Crippen LogP contribution in [0.25, 0.3) is 0 Å². The average molecular weight is 339 g/mol. The Morgan fingerprint density at radius 1 is 1.00 bits per heavy atom. The van der Waals surface area contributed by atoms with Crippen molar-refractivity contribution in [2.45, 2.75) is 70.4 Å². The molecular formula is C15H28Cl2O2Si. The van der Waals surface area contributed by atoms with Gasteiger partial charge in [-0.3, -0.25) is 0 Å².